The van der Waals surface area contributed by atoms with Crippen molar-refractivity contribution in [1.29, 1.82) is 0 Å². The molecule has 1 fully saturated rings. The third-order valence-electron chi connectivity index (χ3n) is 3.38. The maximum absolute atomic E-state index is 11.8. The summed E-state index contributed by atoms with van der Waals surface area (Å²) in [5, 5.41) is 7.57. The molecular formula is C12H19BrN4O. The molecule has 1 aromatic heterocycles. The van der Waals surface area contributed by atoms with Crippen LogP contribution < -0.4 is 15.8 Å². The van der Waals surface area contributed by atoms with E-state index in [-0.39, 0.29) is 5.56 Å². The van der Waals surface area contributed by atoms with Gasteiger partial charge in [0, 0.05) is 26.7 Å². The summed E-state index contributed by atoms with van der Waals surface area (Å²) in [6, 6.07) is 0.500. The average molecular weight is 315 g/mol. The number of anilines is 1. The number of rotatable bonds is 3. The van der Waals surface area contributed by atoms with Crippen molar-refractivity contribution < 1.29 is 0 Å². The number of piperidine rings is 1. The van der Waals surface area contributed by atoms with E-state index in [1.54, 1.807) is 13.2 Å². The summed E-state index contributed by atoms with van der Waals surface area (Å²) in [5.74, 6) is 0. The van der Waals surface area contributed by atoms with Crippen LogP contribution in [0.15, 0.2) is 15.5 Å². The van der Waals surface area contributed by atoms with Gasteiger partial charge in [-0.1, -0.05) is 6.42 Å². The molecule has 1 aromatic rings. The number of halogens is 1. The Kier molecular flexibility index (Phi) is 4.40. The Balaban J connectivity index is 2.11. The van der Waals surface area contributed by atoms with Gasteiger partial charge in [-0.25, -0.2) is 4.68 Å². The molecule has 1 unspecified atom stereocenters. The largest absolute Gasteiger partial charge is 0.371 e. The molecule has 1 atom stereocenters. The van der Waals surface area contributed by atoms with E-state index < -0.39 is 0 Å². The SMILES string of the molecule is CN(CC1CCCCN1)c1cnn(C)c(=O)c1Br. The van der Waals surface area contributed by atoms with E-state index in [9.17, 15) is 4.79 Å². The molecule has 6 heteroatoms. The van der Waals surface area contributed by atoms with Gasteiger partial charge in [0.05, 0.1) is 11.9 Å². The van der Waals surface area contributed by atoms with Crippen LogP contribution in [-0.2, 0) is 7.05 Å². The Bertz CT molecular complexity index is 468. The second-order valence-electron chi connectivity index (χ2n) is 4.80. The topological polar surface area (TPSA) is 50.2 Å². The molecule has 18 heavy (non-hydrogen) atoms. The van der Waals surface area contributed by atoms with Gasteiger partial charge in [-0.15, -0.1) is 0 Å². The van der Waals surface area contributed by atoms with Crippen LogP contribution in [0, 0.1) is 0 Å². The second kappa shape index (κ2) is 5.84. The Hall–Kier alpha value is -0.880. The molecule has 1 saturated heterocycles. The van der Waals surface area contributed by atoms with Crippen molar-refractivity contribution in [3.05, 3.63) is 21.0 Å². The molecule has 1 aliphatic heterocycles. The van der Waals surface area contributed by atoms with Crippen LogP contribution in [0.2, 0.25) is 0 Å². The van der Waals surface area contributed by atoms with Gasteiger partial charge in [0.2, 0.25) is 0 Å². The zero-order valence-corrected chi connectivity index (χ0v) is 12.4. The molecule has 0 aliphatic carbocycles. The number of hydrogen-bond acceptors (Lipinski definition) is 4. The van der Waals surface area contributed by atoms with Crippen LogP contribution in [0.1, 0.15) is 19.3 Å². The molecule has 5 nitrogen and oxygen atoms in total. The fraction of sp³-hybridized carbons (Fsp3) is 0.667. The van der Waals surface area contributed by atoms with Gasteiger partial charge in [0.15, 0.2) is 0 Å². The normalized spacial score (nSPS) is 19.8. The summed E-state index contributed by atoms with van der Waals surface area (Å²) >= 11 is 3.36. The first-order valence-corrected chi connectivity index (χ1v) is 7.05. The van der Waals surface area contributed by atoms with Crippen LogP contribution in [0.4, 0.5) is 5.69 Å². The zero-order valence-electron chi connectivity index (χ0n) is 10.8. The number of likely N-dealkylation sites (N-methyl/N-ethyl adjacent to an activating group) is 1. The number of aromatic nitrogens is 2. The Morgan fingerprint density at radius 3 is 3.06 bits per heavy atom. The predicted octanol–water partition coefficient (Wildman–Crippen LogP) is 1.12. The van der Waals surface area contributed by atoms with E-state index in [0.29, 0.717) is 10.5 Å². The lowest BCUT2D eigenvalue weighted by atomic mass is 10.0. The van der Waals surface area contributed by atoms with Crippen molar-refractivity contribution in [2.75, 3.05) is 25.0 Å². The Morgan fingerprint density at radius 2 is 2.39 bits per heavy atom. The molecule has 0 saturated carbocycles. The first-order valence-electron chi connectivity index (χ1n) is 6.26. The minimum Gasteiger partial charge on any atom is -0.371 e. The number of hydrogen-bond donors (Lipinski definition) is 1. The van der Waals surface area contributed by atoms with Crippen molar-refractivity contribution in [2.45, 2.75) is 25.3 Å². The highest BCUT2D eigenvalue weighted by atomic mass is 79.9. The van der Waals surface area contributed by atoms with Crippen LogP contribution in [0.25, 0.3) is 0 Å². The average Bonchev–Trinajstić information content (AvgIpc) is 2.37. The number of aryl methyl sites for hydroxylation is 1. The highest BCUT2D eigenvalue weighted by Crippen LogP contribution is 2.21. The molecule has 1 N–H and O–H groups in total. The lowest BCUT2D eigenvalue weighted by Crippen LogP contribution is -2.43. The Labute approximate surface area is 115 Å². The van der Waals surface area contributed by atoms with Gasteiger partial charge in [-0.2, -0.15) is 5.10 Å². The maximum Gasteiger partial charge on any atom is 0.282 e. The smallest absolute Gasteiger partial charge is 0.282 e. The third-order valence-corrected chi connectivity index (χ3v) is 4.12. The zero-order chi connectivity index (χ0) is 13.1. The van der Waals surface area contributed by atoms with Gasteiger partial charge < -0.3 is 10.2 Å². The minimum absolute atomic E-state index is 0.101. The number of nitrogens with zero attached hydrogens (tertiary/aromatic N) is 3. The van der Waals surface area contributed by atoms with Crippen molar-refractivity contribution in [1.82, 2.24) is 15.1 Å². The van der Waals surface area contributed by atoms with Gasteiger partial charge in [0.1, 0.15) is 4.47 Å². The van der Waals surface area contributed by atoms with Crippen molar-refractivity contribution in [2.24, 2.45) is 7.05 Å². The molecule has 0 bridgehead atoms. The van der Waals surface area contributed by atoms with E-state index in [2.05, 4.69) is 31.2 Å². The van der Waals surface area contributed by atoms with Crippen LogP contribution in [0.5, 0.6) is 0 Å². The first-order chi connectivity index (χ1) is 8.59. The molecule has 100 valence electrons. The van der Waals surface area contributed by atoms with Crippen molar-refractivity contribution in [3.63, 3.8) is 0 Å². The summed E-state index contributed by atoms with van der Waals surface area (Å²) in [5.41, 5.74) is 0.751. The van der Waals surface area contributed by atoms with Gasteiger partial charge in [-0.3, -0.25) is 4.79 Å². The van der Waals surface area contributed by atoms with Crippen LogP contribution in [-0.4, -0.2) is 36.0 Å². The standard InChI is InChI=1S/C12H19BrN4O/c1-16(8-9-5-3-4-6-14-9)10-7-15-17(2)12(18)11(10)13/h7,9,14H,3-6,8H2,1-2H3. The fourth-order valence-electron chi connectivity index (χ4n) is 2.28. The van der Waals surface area contributed by atoms with Crippen LogP contribution in [0.3, 0.4) is 0 Å². The summed E-state index contributed by atoms with van der Waals surface area (Å²) in [4.78, 5) is 13.9. The number of nitrogens with one attached hydrogen (secondary N) is 1. The molecule has 2 heterocycles. The second-order valence-corrected chi connectivity index (χ2v) is 5.59. The van der Waals surface area contributed by atoms with Gasteiger partial charge >= 0.3 is 0 Å². The van der Waals surface area contributed by atoms with E-state index in [1.165, 1.54) is 23.9 Å². The lowest BCUT2D eigenvalue weighted by molar-refractivity contribution is 0.403. The molecule has 0 aromatic carbocycles. The summed E-state index contributed by atoms with van der Waals surface area (Å²) in [6.45, 7) is 1.99. The summed E-state index contributed by atoms with van der Waals surface area (Å²) < 4.78 is 1.92. The molecular weight excluding hydrogens is 296 g/mol. The molecule has 1 aliphatic rings. The van der Waals surface area contributed by atoms with Gasteiger partial charge in [-0.05, 0) is 35.3 Å². The van der Waals surface area contributed by atoms with Crippen LogP contribution >= 0.6 is 15.9 Å². The maximum atomic E-state index is 11.8. The molecule has 0 radical (unpaired) electrons. The molecule has 0 spiro atoms. The van der Waals surface area contributed by atoms with E-state index in [1.807, 2.05) is 7.05 Å². The van der Waals surface area contributed by atoms with Gasteiger partial charge in [0.25, 0.3) is 5.56 Å². The monoisotopic (exact) mass is 314 g/mol. The van der Waals surface area contributed by atoms with E-state index >= 15 is 0 Å². The quantitative estimate of drug-likeness (QED) is 0.908. The fourth-order valence-corrected chi connectivity index (χ4v) is 2.94. The van der Waals surface area contributed by atoms with Crippen molar-refractivity contribution >= 4 is 21.6 Å². The lowest BCUT2D eigenvalue weighted by Gasteiger charge is -2.29. The molecule has 2 rings (SSSR count). The van der Waals surface area contributed by atoms with Crippen molar-refractivity contribution in [3.8, 4) is 0 Å². The van der Waals surface area contributed by atoms with E-state index in [0.717, 1.165) is 18.8 Å². The highest BCUT2D eigenvalue weighted by molar-refractivity contribution is 9.10. The summed E-state index contributed by atoms with van der Waals surface area (Å²) in [6.07, 6.45) is 5.47. The highest BCUT2D eigenvalue weighted by Gasteiger charge is 2.17. The third kappa shape index (κ3) is 2.92. The minimum atomic E-state index is -0.101. The molecule has 0 amide bonds. The summed E-state index contributed by atoms with van der Waals surface area (Å²) in [7, 11) is 3.65. The van der Waals surface area contributed by atoms with E-state index in [4.69, 9.17) is 0 Å². The first kappa shape index (κ1) is 13.5. The Morgan fingerprint density at radius 1 is 1.61 bits per heavy atom. The predicted molar refractivity (Wildman–Crippen MR) is 76.1 cm³/mol.